The van der Waals surface area contributed by atoms with E-state index in [2.05, 4.69) is 4.90 Å². The van der Waals surface area contributed by atoms with Crippen LogP contribution in [0.1, 0.15) is 43.1 Å². The highest BCUT2D eigenvalue weighted by atomic mass is 16.6. The van der Waals surface area contributed by atoms with Crippen LogP contribution in [-0.2, 0) is 9.53 Å². The van der Waals surface area contributed by atoms with Crippen molar-refractivity contribution in [2.45, 2.75) is 39.7 Å². The summed E-state index contributed by atoms with van der Waals surface area (Å²) < 4.78 is 5.38. The second-order valence-corrected chi connectivity index (χ2v) is 7.38. The van der Waals surface area contributed by atoms with Crippen molar-refractivity contribution in [2.24, 2.45) is 0 Å². The molecule has 5 nitrogen and oxygen atoms in total. The maximum atomic E-state index is 12.6. The fourth-order valence-electron chi connectivity index (χ4n) is 2.85. The van der Waals surface area contributed by atoms with E-state index in [1.54, 1.807) is 0 Å². The second-order valence-electron chi connectivity index (χ2n) is 7.38. The quantitative estimate of drug-likeness (QED) is 0.798. The van der Waals surface area contributed by atoms with Gasteiger partial charge in [-0.1, -0.05) is 17.7 Å². The lowest BCUT2D eigenvalue weighted by Crippen LogP contribution is -2.38. The van der Waals surface area contributed by atoms with Crippen molar-refractivity contribution in [3.05, 3.63) is 35.4 Å². The highest BCUT2D eigenvalue weighted by Gasteiger charge is 2.23. The Morgan fingerprint density at radius 2 is 1.88 bits per heavy atom. The minimum absolute atomic E-state index is 0.0674. The van der Waals surface area contributed by atoms with Gasteiger partial charge in [-0.25, -0.2) is 0 Å². The molecule has 0 atom stereocenters. The molecule has 2 rings (SSSR count). The second kappa shape index (κ2) is 7.79. The number of aryl methyl sites for hydroxylation is 1. The molecule has 1 heterocycles. The van der Waals surface area contributed by atoms with Crippen LogP contribution in [0.15, 0.2) is 24.3 Å². The van der Waals surface area contributed by atoms with Crippen molar-refractivity contribution < 1.29 is 14.3 Å². The van der Waals surface area contributed by atoms with Crippen LogP contribution in [-0.4, -0.2) is 60.0 Å². The van der Waals surface area contributed by atoms with Gasteiger partial charge in [0.05, 0.1) is 6.54 Å². The summed E-state index contributed by atoms with van der Waals surface area (Å²) in [5.74, 6) is -0.140. The molecule has 0 N–H and O–H groups in total. The molecule has 0 aliphatic carbocycles. The smallest absolute Gasteiger partial charge is 0.320 e. The van der Waals surface area contributed by atoms with Crippen LogP contribution in [0, 0.1) is 6.92 Å². The number of benzene rings is 1. The van der Waals surface area contributed by atoms with Crippen LogP contribution in [0.2, 0.25) is 0 Å². The number of carbonyl (C=O) groups excluding carboxylic acids is 2. The largest absolute Gasteiger partial charge is 0.459 e. The van der Waals surface area contributed by atoms with Crippen molar-refractivity contribution >= 4 is 11.9 Å². The lowest BCUT2D eigenvalue weighted by molar-refractivity contribution is -0.156. The minimum atomic E-state index is -0.462. The molecule has 1 aliphatic rings. The number of rotatable bonds is 3. The molecule has 0 saturated carbocycles. The first-order valence-corrected chi connectivity index (χ1v) is 8.55. The molecule has 0 bridgehead atoms. The molecule has 5 heteroatoms. The van der Waals surface area contributed by atoms with E-state index in [9.17, 15) is 9.59 Å². The molecule has 0 unspecified atom stereocenters. The van der Waals surface area contributed by atoms with Crippen LogP contribution in [0.4, 0.5) is 0 Å². The molecule has 0 radical (unpaired) electrons. The van der Waals surface area contributed by atoms with E-state index < -0.39 is 5.60 Å². The van der Waals surface area contributed by atoms with E-state index >= 15 is 0 Å². The normalized spacial score (nSPS) is 16.6. The van der Waals surface area contributed by atoms with E-state index in [1.807, 2.05) is 56.9 Å². The Balaban J connectivity index is 1.90. The zero-order chi connectivity index (χ0) is 17.7. The zero-order valence-electron chi connectivity index (χ0n) is 15.2. The average molecular weight is 332 g/mol. The number of hydrogen-bond acceptors (Lipinski definition) is 4. The summed E-state index contributed by atoms with van der Waals surface area (Å²) in [6.45, 7) is 10.7. The topological polar surface area (TPSA) is 49.9 Å². The summed E-state index contributed by atoms with van der Waals surface area (Å²) in [5, 5.41) is 0. The summed E-state index contributed by atoms with van der Waals surface area (Å²) in [5.41, 5.74) is 1.36. The van der Waals surface area contributed by atoms with Gasteiger partial charge in [-0.2, -0.15) is 0 Å². The first kappa shape index (κ1) is 18.5. The van der Waals surface area contributed by atoms with Gasteiger partial charge < -0.3 is 9.64 Å². The maximum absolute atomic E-state index is 12.6. The van der Waals surface area contributed by atoms with Gasteiger partial charge in [-0.05, 0) is 46.2 Å². The third-order valence-electron chi connectivity index (χ3n) is 3.91. The number of amides is 1. The molecule has 1 amide bonds. The van der Waals surface area contributed by atoms with Gasteiger partial charge in [0.25, 0.3) is 5.91 Å². The van der Waals surface area contributed by atoms with Crippen molar-refractivity contribution in [1.29, 1.82) is 0 Å². The fraction of sp³-hybridized carbons (Fsp3) is 0.579. The summed E-state index contributed by atoms with van der Waals surface area (Å²) in [6, 6.07) is 7.68. The predicted octanol–water partition coefficient (Wildman–Crippen LogP) is 2.48. The highest BCUT2D eigenvalue weighted by Crippen LogP contribution is 2.12. The monoisotopic (exact) mass is 332 g/mol. The summed E-state index contributed by atoms with van der Waals surface area (Å²) in [4.78, 5) is 28.6. The van der Waals surface area contributed by atoms with Gasteiger partial charge >= 0.3 is 5.97 Å². The van der Waals surface area contributed by atoms with E-state index in [4.69, 9.17) is 4.74 Å². The molecule has 1 saturated heterocycles. The Kier molecular flexibility index (Phi) is 5.99. The third kappa shape index (κ3) is 5.64. The standard InChI is InChI=1S/C19H28N2O3/c1-15-7-5-8-16(13-15)18(23)21-10-6-9-20(11-12-21)14-17(22)24-19(2,3)4/h5,7-8,13H,6,9-12,14H2,1-4H3. The maximum Gasteiger partial charge on any atom is 0.320 e. The average Bonchev–Trinajstić information content (AvgIpc) is 2.70. The van der Waals surface area contributed by atoms with E-state index in [0.29, 0.717) is 13.1 Å². The molecule has 0 spiro atoms. The molecule has 1 fully saturated rings. The van der Waals surface area contributed by atoms with Gasteiger partial charge in [0.2, 0.25) is 0 Å². The number of esters is 1. The number of carbonyl (C=O) groups is 2. The van der Waals surface area contributed by atoms with Gasteiger partial charge in [0.1, 0.15) is 5.60 Å². The van der Waals surface area contributed by atoms with Crippen molar-refractivity contribution in [2.75, 3.05) is 32.7 Å². The van der Waals surface area contributed by atoms with Crippen molar-refractivity contribution in [3.8, 4) is 0 Å². The van der Waals surface area contributed by atoms with Crippen LogP contribution < -0.4 is 0 Å². The number of nitrogens with zero attached hydrogens (tertiary/aromatic N) is 2. The van der Waals surface area contributed by atoms with Gasteiger partial charge in [0, 0.05) is 31.7 Å². The Morgan fingerprint density at radius 1 is 1.12 bits per heavy atom. The zero-order valence-corrected chi connectivity index (χ0v) is 15.2. The molecule has 0 aromatic heterocycles. The Hall–Kier alpha value is -1.88. The molecule has 1 aromatic rings. The molecular weight excluding hydrogens is 304 g/mol. The highest BCUT2D eigenvalue weighted by molar-refractivity contribution is 5.94. The van der Waals surface area contributed by atoms with E-state index in [-0.39, 0.29) is 18.4 Å². The Morgan fingerprint density at radius 3 is 2.54 bits per heavy atom. The van der Waals surface area contributed by atoms with E-state index in [0.717, 1.165) is 30.6 Å². The molecule has 1 aromatic carbocycles. The first-order chi connectivity index (χ1) is 11.2. The fourth-order valence-corrected chi connectivity index (χ4v) is 2.85. The number of ether oxygens (including phenoxy) is 1. The van der Waals surface area contributed by atoms with Gasteiger partial charge in [-0.3, -0.25) is 14.5 Å². The minimum Gasteiger partial charge on any atom is -0.459 e. The SMILES string of the molecule is Cc1cccc(C(=O)N2CCCN(CC(=O)OC(C)(C)C)CC2)c1. The number of hydrogen-bond donors (Lipinski definition) is 0. The van der Waals surface area contributed by atoms with Crippen LogP contribution >= 0.6 is 0 Å². The molecule has 24 heavy (non-hydrogen) atoms. The summed E-state index contributed by atoms with van der Waals surface area (Å²) in [6.07, 6.45) is 0.861. The summed E-state index contributed by atoms with van der Waals surface area (Å²) >= 11 is 0. The lowest BCUT2D eigenvalue weighted by Gasteiger charge is -2.24. The predicted molar refractivity (Wildman–Crippen MR) is 94.0 cm³/mol. The van der Waals surface area contributed by atoms with Gasteiger partial charge in [0.15, 0.2) is 0 Å². The third-order valence-corrected chi connectivity index (χ3v) is 3.91. The Labute approximate surface area is 144 Å². The molecular formula is C19H28N2O3. The molecule has 1 aliphatic heterocycles. The van der Waals surface area contributed by atoms with E-state index in [1.165, 1.54) is 0 Å². The van der Waals surface area contributed by atoms with Crippen molar-refractivity contribution in [3.63, 3.8) is 0 Å². The molecule has 132 valence electrons. The van der Waals surface area contributed by atoms with Crippen LogP contribution in [0.5, 0.6) is 0 Å². The Bertz CT molecular complexity index is 593. The van der Waals surface area contributed by atoms with Gasteiger partial charge in [-0.15, -0.1) is 0 Å². The van der Waals surface area contributed by atoms with Crippen LogP contribution in [0.25, 0.3) is 0 Å². The van der Waals surface area contributed by atoms with Crippen LogP contribution in [0.3, 0.4) is 0 Å². The lowest BCUT2D eigenvalue weighted by atomic mass is 10.1. The van der Waals surface area contributed by atoms with Crippen molar-refractivity contribution in [1.82, 2.24) is 9.80 Å². The first-order valence-electron chi connectivity index (χ1n) is 8.55. The summed E-state index contributed by atoms with van der Waals surface area (Å²) in [7, 11) is 0.